The Hall–Kier alpha value is -2.04. The SMILES string of the molecule is CC(NC(N)=O)C(=O)N1CCc2ccccc2C1. The van der Waals surface area contributed by atoms with E-state index in [9.17, 15) is 9.59 Å². The van der Waals surface area contributed by atoms with E-state index in [0.29, 0.717) is 13.1 Å². The highest BCUT2D eigenvalue weighted by Gasteiger charge is 2.24. The van der Waals surface area contributed by atoms with Crippen LogP contribution in [0.2, 0.25) is 0 Å². The highest BCUT2D eigenvalue weighted by molar-refractivity contribution is 5.86. The van der Waals surface area contributed by atoms with Crippen molar-refractivity contribution in [2.75, 3.05) is 6.54 Å². The van der Waals surface area contributed by atoms with Crippen LogP contribution in [0.4, 0.5) is 4.79 Å². The quantitative estimate of drug-likeness (QED) is 0.804. The fourth-order valence-corrected chi connectivity index (χ4v) is 2.23. The first-order valence-corrected chi connectivity index (χ1v) is 5.99. The van der Waals surface area contributed by atoms with Crippen LogP contribution in [0, 0.1) is 0 Å². The average Bonchev–Trinajstić information content (AvgIpc) is 2.36. The number of hydrogen-bond acceptors (Lipinski definition) is 2. The van der Waals surface area contributed by atoms with Gasteiger partial charge in [-0.1, -0.05) is 24.3 Å². The third-order valence-corrected chi connectivity index (χ3v) is 3.17. The van der Waals surface area contributed by atoms with Crippen LogP contribution in [-0.4, -0.2) is 29.4 Å². The van der Waals surface area contributed by atoms with Crippen molar-refractivity contribution in [2.45, 2.75) is 25.9 Å². The first-order chi connectivity index (χ1) is 8.58. The number of nitrogens with two attached hydrogens (primary N) is 1. The number of hydrogen-bond donors (Lipinski definition) is 2. The molecule has 0 saturated heterocycles. The minimum Gasteiger partial charge on any atom is -0.352 e. The second kappa shape index (κ2) is 5.08. The lowest BCUT2D eigenvalue weighted by Gasteiger charge is -2.30. The van der Waals surface area contributed by atoms with Gasteiger partial charge < -0.3 is 16.0 Å². The highest BCUT2D eigenvalue weighted by atomic mass is 16.2. The Morgan fingerprint density at radius 1 is 1.33 bits per heavy atom. The Kier molecular flexibility index (Phi) is 3.50. The molecular weight excluding hydrogens is 230 g/mol. The molecule has 18 heavy (non-hydrogen) atoms. The predicted molar refractivity (Wildman–Crippen MR) is 67.7 cm³/mol. The number of urea groups is 1. The molecule has 5 nitrogen and oxygen atoms in total. The van der Waals surface area contributed by atoms with E-state index in [0.717, 1.165) is 6.42 Å². The molecule has 1 aliphatic heterocycles. The van der Waals surface area contributed by atoms with Crippen LogP contribution in [0.1, 0.15) is 18.1 Å². The summed E-state index contributed by atoms with van der Waals surface area (Å²) in [4.78, 5) is 24.6. The van der Waals surface area contributed by atoms with Gasteiger partial charge in [-0.05, 0) is 24.5 Å². The molecule has 0 fully saturated rings. The summed E-state index contributed by atoms with van der Waals surface area (Å²) in [6.45, 7) is 2.92. The number of nitrogens with zero attached hydrogens (tertiary/aromatic N) is 1. The molecular formula is C13H17N3O2. The number of carbonyl (C=O) groups excluding carboxylic acids is 2. The molecule has 1 aliphatic rings. The van der Waals surface area contributed by atoms with Gasteiger partial charge in [0.05, 0.1) is 0 Å². The number of nitrogens with one attached hydrogen (secondary N) is 1. The van der Waals surface area contributed by atoms with E-state index < -0.39 is 12.1 Å². The van der Waals surface area contributed by atoms with Gasteiger partial charge in [-0.15, -0.1) is 0 Å². The largest absolute Gasteiger partial charge is 0.352 e. The smallest absolute Gasteiger partial charge is 0.312 e. The van der Waals surface area contributed by atoms with Gasteiger partial charge in [0.2, 0.25) is 5.91 Å². The molecule has 0 saturated carbocycles. The Balaban J connectivity index is 2.04. The number of primary amides is 1. The van der Waals surface area contributed by atoms with Crippen LogP contribution in [0.3, 0.4) is 0 Å². The second-order valence-electron chi connectivity index (χ2n) is 4.51. The zero-order valence-corrected chi connectivity index (χ0v) is 10.3. The third kappa shape index (κ3) is 2.61. The molecule has 1 aromatic rings. The Bertz CT molecular complexity index is 473. The van der Waals surface area contributed by atoms with Gasteiger partial charge >= 0.3 is 6.03 Å². The van der Waals surface area contributed by atoms with E-state index in [1.807, 2.05) is 18.2 Å². The Morgan fingerprint density at radius 2 is 2.00 bits per heavy atom. The molecule has 3 N–H and O–H groups in total. The zero-order chi connectivity index (χ0) is 13.1. The second-order valence-corrected chi connectivity index (χ2v) is 4.51. The summed E-state index contributed by atoms with van der Waals surface area (Å²) < 4.78 is 0. The fraction of sp³-hybridized carbons (Fsp3) is 0.385. The van der Waals surface area contributed by atoms with Crippen molar-refractivity contribution >= 4 is 11.9 Å². The number of benzene rings is 1. The van der Waals surface area contributed by atoms with Gasteiger partial charge in [0.15, 0.2) is 0 Å². The van der Waals surface area contributed by atoms with Gasteiger partial charge in [-0.2, -0.15) is 0 Å². The number of amides is 3. The minimum atomic E-state index is -0.673. The van der Waals surface area contributed by atoms with Crippen LogP contribution in [0.5, 0.6) is 0 Å². The summed E-state index contributed by atoms with van der Waals surface area (Å²) in [5.41, 5.74) is 7.48. The van der Waals surface area contributed by atoms with E-state index in [2.05, 4.69) is 11.4 Å². The maximum atomic E-state index is 12.1. The molecule has 0 aliphatic carbocycles. The van der Waals surface area contributed by atoms with Crippen molar-refractivity contribution in [1.82, 2.24) is 10.2 Å². The van der Waals surface area contributed by atoms with Crippen molar-refractivity contribution in [3.63, 3.8) is 0 Å². The maximum Gasteiger partial charge on any atom is 0.312 e. The predicted octanol–water partition coefficient (Wildman–Crippen LogP) is 0.628. The molecule has 96 valence electrons. The molecule has 0 aromatic heterocycles. The van der Waals surface area contributed by atoms with Crippen LogP contribution < -0.4 is 11.1 Å². The van der Waals surface area contributed by atoms with E-state index in [1.54, 1.807) is 11.8 Å². The van der Waals surface area contributed by atoms with Crippen molar-refractivity contribution < 1.29 is 9.59 Å². The molecule has 1 unspecified atom stereocenters. The fourth-order valence-electron chi connectivity index (χ4n) is 2.23. The maximum absolute atomic E-state index is 12.1. The summed E-state index contributed by atoms with van der Waals surface area (Å²) in [5, 5.41) is 2.41. The van der Waals surface area contributed by atoms with E-state index >= 15 is 0 Å². The first kappa shape index (κ1) is 12.4. The number of rotatable bonds is 2. The van der Waals surface area contributed by atoms with E-state index in [4.69, 9.17) is 5.73 Å². The van der Waals surface area contributed by atoms with Gasteiger partial charge in [-0.25, -0.2) is 4.79 Å². The molecule has 0 bridgehead atoms. The van der Waals surface area contributed by atoms with Crippen LogP contribution in [0.25, 0.3) is 0 Å². The standard InChI is InChI=1S/C13H17N3O2/c1-9(15-13(14)18)12(17)16-7-6-10-4-2-3-5-11(10)8-16/h2-5,9H,6-8H2,1H3,(H3,14,15,18). The summed E-state index contributed by atoms with van der Waals surface area (Å²) in [7, 11) is 0. The van der Waals surface area contributed by atoms with Crippen molar-refractivity contribution in [1.29, 1.82) is 0 Å². The summed E-state index contributed by atoms with van der Waals surface area (Å²) >= 11 is 0. The van der Waals surface area contributed by atoms with Crippen LogP contribution in [0.15, 0.2) is 24.3 Å². The summed E-state index contributed by atoms with van der Waals surface area (Å²) in [6, 6.07) is 6.84. The molecule has 1 heterocycles. The van der Waals surface area contributed by atoms with Crippen molar-refractivity contribution in [3.8, 4) is 0 Å². The van der Waals surface area contributed by atoms with Crippen LogP contribution in [-0.2, 0) is 17.8 Å². The minimum absolute atomic E-state index is 0.0942. The van der Waals surface area contributed by atoms with E-state index in [-0.39, 0.29) is 5.91 Å². The van der Waals surface area contributed by atoms with Gasteiger partial charge in [0, 0.05) is 13.1 Å². The van der Waals surface area contributed by atoms with Gasteiger partial charge in [-0.3, -0.25) is 4.79 Å². The molecule has 1 atom stereocenters. The lowest BCUT2D eigenvalue weighted by atomic mass is 9.99. The van der Waals surface area contributed by atoms with Crippen molar-refractivity contribution in [2.24, 2.45) is 5.73 Å². The van der Waals surface area contributed by atoms with Gasteiger partial charge in [0.25, 0.3) is 0 Å². The molecule has 3 amide bonds. The van der Waals surface area contributed by atoms with E-state index in [1.165, 1.54) is 11.1 Å². The molecule has 0 spiro atoms. The molecule has 0 radical (unpaired) electrons. The Morgan fingerprint density at radius 3 is 2.67 bits per heavy atom. The van der Waals surface area contributed by atoms with Crippen LogP contribution >= 0.6 is 0 Å². The molecule has 1 aromatic carbocycles. The summed E-state index contributed by atoms with van der Waals surface area (Å²) in [6.07, 6.45) is 0.852. The summed E-state index contributed by atoms with van der Waals surface area (Å²) in [5.74, 6) is -0.0942. The normalized spacial score (nSPS) is 15.7. The number of fused-ring (bicyclic) bond motifs is 1. The third-order valence-electron chi connectivity index (χ3n) is 3.17. The van der Waals surface area contributed by atoms with Crippen molar-refractivity contribution in [3.05, 3.63) is 35.4 Å². The first-order valence-electron chi connectivity index (χ1n) is 5.99. The lowest BCUT2D eigenvalue weighted by molar-refractivity contribution is -0.133. The molecule has 5 heteroatoms. The highest BCUT2D eigenvalue weighted by Crippen LogP contribution is 2.18. The Labute approximate surface area is 106 Å². The zero-order valence-electron chi connectivity index (χ0n) is 10.3. The number of carbonyl (C=O) groups is 2. The lowest BCUT2D eigenvalue weighted by Crippen LogP contribution is -2.49. The topological polar surface area (TPSA) is 75.4 Å². The molecule has 2 rings (SSSR count). The monoisotopic (exact) mass is 247 g/mol. The average molecular weight is 247 g/mol. The van der Waals surface area contributed by atoms with Gasteiger partial charge in [0.1, 0.15) is 6.04 Å².